The first-order valence-electron chi connectivity index (χ1n) is 5.60. The topological polar surface area (TPSA) is 50.5 Å². The van der Waals surface area contributed by atoms with E-state index in [4.69, 9.17) is 0 Å². The molecule has 0 bridgehead atoms. The summed E-state index contributed by atoms with van der Waals surface area (Å²) in [6.45, 7) is 0. The molecule has 2 heterocycles. The Labute approximate surface area is 104 Å². The van der Waals surface area contributed by atoms with Crippen LogP contribution in [0.3, 0.4) is 0 Å². The molecule has 1 aromatic carbocycles. The number of nitrogens with zero attached hydrogens (tertiary/aromatic N) is 4. The second kappa shape index (κ2) is 4.71. The van der Waals surface area contributed by atoms with E-state index in [1.807, 2.05) is 48.5 Å². The average molecular weight is 234 g/mol. The van der Waals surface area contributed by atoms with Crippen molar-refractivity contribution in [2.45, 2.75) is 0 Å². The number of hydrogen-bond acceptors (Lipinski definition) is 4. The third-order valence-corrected chi connectivity index (χ3v) is 2.52. The molecular formula is C14H10N4. The Hall–Kier alpha value is -2.62. The van der Waals surface area contributed by atoms with Gasteiger partial charge in [0.15, 0.2) is 5.82 Å². The van der Waals surface area contributed by atoms with Crippen molar-refractivity contribution >= 4 is 22.4 Å². The minimum Gasteiger partial charge on any atom is -0.254 e. The van der Waals surface area contributed by atoms with E-state index < -0.39 is 0 Å². The molecule has 86 valence electrons. The van der Waals surface area contributed by atoms with Crippen molar-refractivity contribution in [3.05, 3.63) is 60.9 Å². The maximum atomic E-state index is 4.32. The number of benzene rings is 1. The number of para-hydroxylation sites is 1. The van der Waals surface area contributed by atoms with E-state index in [-0.39, 0.29) is 0 Å². The molecule has 0 amide bonds. The van der Waals surface area contributed by atoms with E-state index >= 15 is 0 Å². The third-order valence-electron chi connectivity index (χ3n) is 2.52. The van der Waals surface area contributed by atoms with E-state index in [0.29, 0.717) is 5.82 Å². The lowest BCUT2D eigenvalue weighted by molar-refractivity contribution is 1.16. The highest BCUT2D eigenvalue weighted by Crippen LogP contribution is 2.24. The SMILES string of the molecule is c1ccc(N=Nc2cccc3cccnc23)nc1. The lowest BCUT2D eigenvalue weighted by atomic mass is 10.2. The Morgan fingerprint density at radius 1 is 0.722 bits per heavy atom. The summed E-state index contributed by atoms with van der Waals surface area (Å²) < 4.78 is 0. The van der Waals surface area contributed by atoms with Gasteiger partial charge in [-0.3, -0.25) is 4.98 Å². The fourth-order valence-electron chi connectivity index (χ4n) is 1.69. The second-order valence-electron chi connectivity index (χ2n) is 3.74. The van der Waals surface area contributed by atoms with Gasteiger partial charge < -0.3 is 0 Å². The van der Waals surface area contributed by atoms with Crippen molar-refractivity contribution in [3.63, 3.8) is 0 Å². The molecule has 0 aliphatic heterocycles. The van der Waals surface area contributed by atoms with Crippen LogP contribution in [0.15, 0.2) is 71.2 Å². The molecule has 0 saturated heterocycles. The van der Waals surface area contributed by atoms with Crippen LogP contribution < -0.4 is 0 Å². The van der Waals surface area contributed by atoms with Gasteiger partial charge >= 0.3 is 0 Å². The van der Waals surface area contributed by atoms with Gasteiger partial charge in [0.05, 0.1) is 5.52 Å². The smallest absolute Gasteiger partial charge is 0.174 e. The summed E-state index contributed by atoms with van der Waals surface area (Å²) in [5.74, 6) is 0.588. The minimum atomic E-state index is 0.588. The predicted molar refractivity (Wildman–Crippen MR) is 70.2 cm³/mol. The predicted octanol–water partition coefficient (Wildman–Crippen LogP) is 4.05. The first-order valence-corrected chi connectivity index (χ1v) is 5.60. The van der Waals surface area contributed by atoms with Gasteiger partial charge in [0, 0.05) is 17.8 Å². The number of azo groups is 1. The van der Waals surface area contributed by atoms with Crippen molar-refractivity contribution in [2.24, 2.45) is 10.2 Å². The average Bonchev–Trinajstić information content (AvgIpc) is 2.46. The lowest BCUT2D eigenvalue weighted by Crippen LogP contribution is -1.77. The van der Waals surface area contributed by atoms with Crippen LogP contribution >= 0.6 is 0 Å². The third kappa shape index (κ3) is 2.08. The Balaban J connectivity index is 2.03. The summed E-state index contributed by atoms with van der Waals surface area (Å²) in [4.78, 5) is 8.41. The highest BCUT2D eigenvalue weighted by Gasteiger charge is 1.99. The molecule has 0 N–H and O–H groups in total. The largest absolute Gasteiger partial charge is 0.254 e. The van der Waals surface area contributed by atoms with Gasteiger partial charge in [-0.15, -0.1) is 10.2 Å². The highest BCUT2D eigenvalue weighted by atomic mass is 15.1. The summed E-state index contributed by atoms with van der Waals surface area (Å²) in [5.41, 5.74) is 1.60. The van der Waals surface area contributed by atoms with Gasteiger partial charge in [0.2, 0.25) is 0 Å². The first kappa shape index (κ1) is 10.5. The molecule has 4 heteroatoms. The van der Waals surface area contributed by atoms with Crippen LogP contribution in [0.1, 0.15) is 0 Å². The Morgan fingerprint density at radius 2 is 1.61 bits per heavy atom. The molecule has 0 unspecified atom stereocenters. The Morgan fingerprint density at radius 3 is 2.50 bits per heavy atom. The van der Waals surface area contributed by atoms with Crippen molar-refractivity contribution in [1.82, 2.24) is 9.97 Å². The van der Waals surface area contributed by atoms with E-state index in [0.717, 1.165) is 16.6 Å². The summed E-state index contributed by atoms with van der Waals surface area (Å²) in [6, 6.07) is 15.3. The lowest BCUT2D eigenvalue weighted by Gasteiger charge is -1.98. The van der Waals surface area contributed by atoms with Crippen molar-refractivity contribution in [2.75, 3.05) is 0 Å². The minimum absolute atomic E-state index is 0.588. The van der Waals surface area contributed by atoms with Crippen LogP contribution in [0.5, 0.6) is 0 Å². The van der Waals surface area contributed by atoms with Gasteiger partial charge in [0.25, 0.3) is 0 Å². The molecule has 0 saturated carbocycles. The molecule has 0 atom stereocenters. The number of hydrogen-bond donors (Lipinski definition) is 0. The van der Waals surface area contributed by atoms with Crippen LogP contribution in [0.2, 0.25) is 0 Å². The van der Waals surface area contributed by atoms with Gasteiger partial charge in [0.1, 0.15) is 5.69 Å². The summed E-state index contributed by atoms with van der Waals surface area (Å²) in [5, 5.41) is 9.36. The standard InChI is InChI=1S/C14H10N4/c1-2-9-15-13(8-1)18-17-12-7-3-5-11-6-4-10-16-14(11)12/h1-10H. The summed E-state index contributed by atoms with van der Waals surface area (Å²) in [6.07, 6.45) is 3.44. The van der Waals surface area contributed by atoms with Crippen molar-refractivity contribution < 1.29 is 0 Å². The van der Waals surface area contributed by atoms with Crippen molar-refractivity contribution in [3.8, 4) is 0 Å². The second-order valence-corrected chi connectivity index (χ2v) is 3.74. The zero-order valence-electron chi connectivity index (χ0n) is 9.56. The molecule has 0 radical (unpaired) electrons. The van der Waals surface area contributed by atoms with Gasteiger partial charge in [-0.05, 0) is 24.3 Å². The fourth-order valence-corrected chi connectivity index (χ4v) is 1.69. The number of rotatable bonds is 2. The van der Waals surface area contributed by atoms with Crippen LogP contribution in [-0.4, -0.2) is 9.97 Å². The zero-order chi connectivity index (χ0) is 12.2. The van der Waals surface area contributed by atoms with Gasteiger partial charge in [-0.2, -0.15) is 0 Å². The molecule has 0 spiro atoms. The molecule has 0 fully saturated rings. The normalized spacial score (nSPS) is 11.1. The van der Waals surface area contributed by atoms with E-state index in [1.54, 1.807) is 12.4 Å². The van der Waals surface area contributed by atoms with Gasteiger partial charge in [-0.1, -0.05) is 24.3 Å². The quantitative estimate of drug-likeness (QED) is 0.628. The maximum Gasteiger partial charge on any atom is 0.174 e. The molecule has 3 rings (SSSR count). The maximum absolute atomic E-state index is 4.32. The van der Waals surface area contributed by atoms with E-state index in [9.17, 15) is 0 Å². The van der Waals surface area contributed by atoms with Crippen molar-refractivity contribution in [1.29, 1.82) is 0 Å². The molecule has 2 aromatic heterocycles. The molecule has 4 nitrogen and oxygen atoms in total. The number of aromatic nitrogens is 2. The molecular weight excluding hydrogens is 224 g/mol. The van der Waals surface area contributed by atoms with Crippen LogP contribution in [0, 0.1) is 0 Å². The number of fused-ring (bicyclic) bond motifs is 1. The van der Waals surface area contributed by atoms with E-state index in [1.165, 1.54) is 0 Å². The molecule has 3 aromatic rings. The van der Waals surface area contributed by atoms with Crippen LogP contribution in [-0.2, 0) is 0 Å². The Kier molecular flexibility index (Phi) is 2.75. The van der Waals surface area contributed by atoms with Gasteiger partial charge in [-0.25, -0.2) is 4.98 Å². The highest BCUT2D eigenvalue weighted by molar-refractivity contribution is 5.88. The molecule has 0 aliphatic carbocycles. The molecule has 18 heavy (non-hydrogen) atoms. The zero-order valence-corrected chi connectivity index (χ0v) is 9.56. The Bertz CT molecular complexity index is 687. The monoisotopic (exact) mass is 234 g/mol. The summed E-state index contributed by atoms with van der Waals surface area (Å²) in [7, 11) is 0. The van der Waals surface area contributed by atoms with Crippen LogP contribution in [0.25, 0.3) is 10.9 Å². The number of pyridine rings is 2. The van der Waals surface area contributed by atoms with E-state index in [2.05, 4.69) is 20.2 Å². The van der Waals surface area contributed by atoms with Crippen LogP contribution in [0.4, 0.5) is 11.5 Å². The first-order chi connectivity index (χ1) is 8.93. The molecule has 0 aliphatic rings. The fraction of sp³-hybridized carbons (Fsp3) is 0. The summed E-state index contributed by atoms with van der Waals surface area (Å²) >= 11 is 0.